The van der Waals surface area contributed by atoms with Gasteiger partial charge in [0.1, 0.15) is 11.6 Å². The van der Waals surface area contributed by atoms with Gasteiger partial charge in [0.25, 0.3) is 0 Å². The highest BCUT2D eigenvalue weighted by molar-refractivity contribution is 5.31. The molecule has 0 aliphatic heterocycles. The first kappa shape index (κ1) is 17.5. The minimum atomic E-state index is -5.65. The van der Waals surface area contributed by atoms with E-state index in [1.165, 1.54) is 12.5 Å². The number of halogens is 7. The van der Waals surface area contributed by atoms with Crippen LogP contribution in [0.1, 0.15) is 11.6 Å². The van der Waals surface area contributed by atoms with E-state index in [0.717, 1.165) is 12.1 Å². The van der Waals surface area contributed by atoms with Gasteiger partial charge in [0.05, 0.1) is 13.2 Å². The molecule has 0 bridgehead atoms. The first-order valence-electron chi connectivity index (χ1n) is 5.45. The molecule has 0 fully saturated rings. The highest BCUT2D eigenvalue weighted by atomic mass is 19.4. The van der Waals surface area contributed by atoms with Crippen LogP contribution in [0.4, 0.5) is 30.7 Å². The second-order valence-corrected chi connectivity index (χ2v) is 4.09. The van der Waals surface area contributed by atoms with Crippen LogP contribution in [0.15, 0.2) is 18.2 Å². The maximum atomic E-state index is 13.7. The summed E-state index contributed by atoms with van der Waals surface area (Å²) in [5, 5.41) is 0. The number of alkyl halides is 6. The van der Waals surface area contributed by atoms with Gasteiger partial charge in [-0.05, 0) is 6.07 Å². The van der Waals surface area contributed by atoms with Crippen LogP contribution >= 0.6 is 0 Å². The number of hydrazine groups is 1. The van der Waals surface area contributed by atoms with E-state index in [9.17, 15) is 30.7 Å². The molecule has 21 heavy (non-hydrogen) atoms. The standard InChI is InChI=1S/C11H11F7N2O/c1-21-5-2-3-6(7(12)4-5)8(20-19)9(10(13,14)15)11(16,17)18/h2-4,8-9,20H,19H2,1H3. The molecule has 0 radical (unpaired) electrons. The summed E-state index contributed by atoms with van der Waals surface area (Å²) < 4.78 is 94.2. The summed E-state index contributed by atoms with van der Waals surface area (Å²) in [6.45, 7) is 0. The fourth-order valence-corrected chi connectivity index (χ4v) is 1.82. The molecule has 1 aromatic rings. The monoisotopic (exact) mass is 320 g/mol. The van der Waals surface area contributed by atoms with Crippen LogP contribution in [-0.4, -0.2) is 19.5 Å². The van der Waals surface area contributed by atoms with Crippen LogP contribution in [0.5, 0.6) is 5.75 Å². The van der Waals surface area contributed by atoms with Crippen molar-refractivity contribution in [3.63, 3.8) is 0 Å². The van der Waals surface area contributed by atoms with Gasteiger partial charge in [0.15, 0.2) is 5.92 Å². The Labute approximate surface area is 114 Å². The third-order valence-corrected chi connectivity index (χ3v) is 2.76. The summed E-state index contributed by atoms with van der Waals surface area (Å²) >= 11 is 0. The van der Waals surface area contributed by atoms with Gasteiger partial charge < -0.3 is 4.74 Å². The van der Waals surface area contributed by atoms with Crippen molar-refractivity contribution in [2.75, 3.05) is 7.11 Å². The highest BCUT2D eigenvalue weighted by Gasteiger charge is 2.60. The van der Waals surface area contributed by atoms with E-state index < -0.39 is 35.7 Å². The number of methoxy groups -OCH3 is 1. The van der Waals surface area contributed by atoms with Gasteiger partial charge in [0.2, 0.25) is 0 Å². The molecule has 0 aliphatic carbocycles. The van der Waals surface area contributed by atoms with E-state index in [-0.39, 0.29) is 5.75 Å². The zero-order valence-corrected chi connectivity index (χ0v) is 10.5. The quantitative estimate of drug-likeness (QED) is 0.509. The Hall–Kier alpha value is -1.55. The second-order valence-electron chi connectivity index (χ2n) is 4.09. The summed E-state index contributed by atoms with van der Waals surface area (Å²) in [6, 6.07) is -0.0601. The Morgan fingerprint density at radius 3 is 1.95 bits per heavy atom. The molecule has 3 N–H and O–H groups in total. The van der Waals surface area contributed by atoms with Crippen molar-refractivity contribution in [1.82, 2.24) is 5.43 Å². The molecule has 0 saturated heterocycles. The molecule has 3 nitrogen and oxygen atoms in total. The molecule has 1 unspecified atom stereocenters. The van der Waals surface area contributed by atoms with Gasteiger partial charge in [-0.25, -0.2) is 4.39 Å². The Morgan fingerprint density at radius 2 is 1.62 bits per heavy atom. The van der Waals surface area contributed by atoms with E-state index in [2.05, 4.69) is 4.74 Å². The van der Waals surface area contributed by atoms with Gasteiger partial charge in [-0.15, -0.1) is 0 Å². The van der Waals surface area contributed by atoms with Crippen molar-refractivity contribution in [2.45, 2.75) is 18.4 Å². The SMILES string of the molecule is COc1ccc(C(NN)C(C(F)(F)F)C(F)(F)F)c(F)c1. The van der Waals surface area contributed by atoms with Crippen molar-refractivity contribution < 1.29 is 35.5 Å². The van der Waals surface area contributed by atoms with Crippen molar-refractivity contribution in [2.24, 2.45) is 11.8 Å². The Kier molecular flexibility index (Phi) is 5.05. The van der Waals surface area contributed by atoms with Crippen LogP contribution in [-0.2, 0) is 0 Å². The summed E-state index contributed by atoms with van der Waals surface area (Å²) in [5.74, 6) is -0.407. The number of nitrogens with one attached hydrogen (secondary N) is 1. The molecule has 10 heteroatoms. The molecule has 120 valence electrons. The highest BCUT2D eigenvalue weighted by Crippen LogP contribution is 2.46. The smallest absolute Gasteiger partial charge is 0.402 e. The fourth-order valence-electron chi connectivity index (χ4n) is 1.82. The third kappa shape index (κ3) is 3.97. The molecule has 0 aliphatic rings. The number of hydrogen-bond donors (Lipinski definition) is 2. The number of benzene rings is 1. The van der Waals surface area contributed by atoms with E-state index in [0.29, 0.717) is 6.07 Å². The second kappa shape index (κ2) is 6.06. The predicted molar refractivity (Wildman–Crippen MR) is 58.6 cm³/mol. The lowest BCUT2D eigenvalue weighted by atomic mass is 9.91. The van der Waals surface area contributed by atoms with Gasteiger partial charge in [-0.2, -0.15) is 26.3 Å². The first-order chi connectivity index (χ1) is 9.52. The lowest BCUT2D eigenvalue weighted by Gasteiger charge is -2.30. The van der Waals surface area contributed by atoms with Gasteiger partial charge in [-0.3, -0.25) is 11.3 Å². The molecule has 1 atom stereocenters. The third-order valence-electron chi connectivity index (χ3n) is 2.76. The van der Waals surface area contributed by atoms with Gasteiger partial charge in [-0.1, -0.05) is 6.07 Å². The number of hydrogen-bond acceptors (Lipinski definition) is 3. The summed E-state index contributed by atoms with van der Waals surface area (Å²) in [6.07, 6.45) is -11.3. The van der Waals surface area contributed by atoms with Crippen LogP contribution < -0.4 is 16.0 Å². The van der Waals surface area contributed by atoms with Crippen LogP contribution in [0, 0.1) is 11.7 Å². The minimum Gasteiger partial charge on any atom is -0.497 e. The zero-order chi connectivity index (χ0) is 16.4. The molecule has 0 amide bonds. The topological polar surface area (TPSA) is 47.3 Å². The van der Waals surface area contributed by atoms with E-state index in [1.54, 1.807) is 0 Å². The van der Waals surface area contributed by atoms with Crippen molar-refractivity contribution in [3.05, 3.63) is 29.6 Å². The number of ether oxygens (including phenoxy) is 1. The molecule has 0 spiro atoms. The number of rotatable bonds is 4. The largest absolute Gasteiger partial charge is 0.497 e. The van der Waals surface area contributed by atoms with E-state index in [1.807, 2.05) is 0 Å². The lowest BCUT2D eigenvalue weighted by Crippen LogP contribution is -2.48. The average molecular weight is 320 g/mol. The molecular formula is C11H11F7N2O. The maximum Gasteiger partial charge on any atom is 0.402 e. The fraction of sp³-hybridized carbons (Fsp3) is 0.455. The van der Waals surface area contributed by atoms with Crippen LogP contribution in [0.25, 0.3) is 0 Å². The maximum absolute atomic E-state index is 13.7. The van der Waals surface area contributed by atoms with Crippen molar-refractivity contribution in [1.29, 1.82) is 0 Å². The molecule has 0 aromatic heterocycles. The average Bonchev–Trinajstić information content (AvgIpc) is 2.32. The van der Waals surface area contributed by atoms with Crippen LogP contribution in [0.3, 0.4) is 0 Å². The van der Waals surface area contributed by atoms with Crippen molar-refractivity contribution in [3.8, 4) is 5.75 Å². The summed E-state index contributed by atoms with van der Waals surface area (Å²) in [5.41, 5.74) is 0.526. The Balaban J connectivity index is 3.33. The van der Waals surface area contributed by atoms with E-state index >= 15 is 0 Å². The normalized spacial score (nSPS) is 14.4. The summed E-state index contributed by atoms with van der Waals surface area (Å²) in [4.78, 5) is 0. The van der Waals surface area contributed by atoms with E-state index in [4.69, 9.17) is 5.84 Å². The minimum absolute atomic E-state index is 0.0532. The molecule has 1 rings (SSSR count). The van der Waals surface area contributed by atoms with Gasteiger partial charge >= 0.3 is 12.4 Å². The molecule has 0 saturated carbocycles. The first-order valence-corrected chi connectivity index (χ1v) is 5.45. The lowest BCUT2D eigenvalue weighted by molar-refractivity contribution is -0.293. The Morgan fingerprint density at radius 1 is 1.10 bits per heavy atom. The Bertz CT molecular complexity index is 472. The van der Waals surface area contributed by atoms with Crippen LogP contribution in [0.2, 0.25) is 0 Å². The van der Waals surface area contributed by atoms with Gasteiger partial charge in [0, 0.05) is 11.6 Å². The van der Waals surface area contributed by atoms with Crippen molar-refractivity contribution >= 4 is 0 Å². The molecule has 1 aromatic carbocycles. The zero-order valence-electron chi connectivity index (χ0n) is 10.5. The predicted octanol–water partition coefficient (Wildman–Crippen LogP) is 3.08. The molecular weight excluding hydrogens is 309 g/mol. The number of nitrogens with two attached hydrogens (primary N) is 1. The summed E-state index contributed by atoms with van der Waals surface area (Å²) in [7, 11) is 1.17. The molecule has 0 heterocycles.